The summed E-state index contributed by atoms with van der Waals surface area (Å²) in [5, 5.41) is 0. The monoisotopic (exact) mass is 335 g/mol. The van der Waals surface area contributed by atoms with E-state index in [4.69, 9.17) is 14.2 Å². The van der Waals surface area contributed by atoms with E-state index < -0.39 is 0 Å². The van der Waals surface area contributed by atoms with Crippen LogP contribution >= 0.6 is 0 Å². The van der Waals surface area contributed by atoms with Crippen LogP contribution in [0.25, 0.3) is 0 Å². The van der Waals surface area contributed by atoms with E-state index in [1.54, 1.807) is 38.2 Å². The number of aryl methyl sites for hydroxylation is 1. The van der Waals surface area contributed by atoms with Crippen LogP contribution in [-0.2, 0) is 9.53 Å². The van der Waals surface area contributed by atoms with Gasteiger partial charge in [0.25, 0.3) is 5.91 Å². The Morgan fingerprint density at radius 3 is 2.50 bits per heavy atom. The molecule has 1 fully saturated rings. The largest absolute Gasteiger partial charge is 0.493 e. The van der Waals surface area contributed by atoms with Crippen LogP contribution in [0.5, 0.6) is 11.5 Å². The van der Waals surface area contributed by atoms with E-state index in [-0.39, 0.29) is 17.8 Å². The van der Waals surface area contributed by atoms with Gasteiger partial charge < -0.3 is 19.1 Å². The van der Waals surface area contributed by atoms with Crippen molar-refractivity contribution < 1.29 is 23.8 Å². The zero-order chi connectivity index (χ0) is 17.7. The molecule has 6 nitrogen and oxygen atoms in total. The number of rotatable bonds is 5. The number of nitrogens with zero attached hydrogens (tertiary/aromatic N) is 1. The molecule has 1 atom stereocenters. The van der Waals surface area contributed by atoms with E-state index in [1.807, 2.05) is 6.92 Å². The van der Waals surface area contributed by atoms with Gasteiger partial charge >= 0.3 is 5.97 Å². The van der Waals surface area contributed by atoms with Gasteiger partial charge in [-0.25, -0.2) is 0 Å². The van der Waals surface area contributed by atoms with Crippen molar-refractivity contribution in [2.75, 3.05) is 33.9 Å². The molecule has 1 saturated heterocycles. The predicted molar refractivity (Wildman–Crippen MR) is 89.5 cm³/mol. The quantitative estimate of drug-likeness (QED) is 0.773. The average Bonchev–Trinajstić information content (AvgIpc) is 2.61. The SMILES string of the molecule is CCOC(=O)C1CCCN(C(=O)c2cc(OC)c(OC)cc2C)C1. The molecule has 0 aliphatic carbocycles. The van der Waals surface area contributed by atoms with Gasteiger partial charge in [-0.15, -0.1) is 0 Å². The average molecular weight is 335 g/mol. The first-order valence-electron chi connectivity index (χ1n) is 8.20. The molecule has 24 heavy (non-hydrogen) atoms. The molecule has 1 aromatic rings. The maximum atomic E-state index is 12.9. The van der Waals surface area contributed by atoms with Crippen LogP contribution in [0.4, 0.5) is 0 Å². The van der Waals surface area contributed by atoms with Gasteiger partial charge in [0.1, 0.15) is 0 Å². The maximum absolute atomic E-state index is 12.9. The minimum atomic E-state index is -0.247. The van der Waals surface area contributed by atoms with Gasteiger partial charge in [0.05, 0.1) is 26.7 Å². The summed E-state index contributed by atoms with van der Waals surface area (Å²) in [6, 6.07) is 3.49. The highest BCUT2D eigenvalue weighted by atomic mass is 16.5. The van der Waals surface area contributed by atoms with Gasteiger partial charge in [-0.3, -0.25) is 9.59 Å². The first kappa shape index (κ1) is 18.1. The molecule has 0 radical (unpaired) electrons. The fourth-order valence-electron chi connectivity index (χ4n) is 3.00. The van der Waals surface area contributed by atoms with E-state index in [0.717, 1.165) is 18.4 Å². The summed E-state index contributed by atoms with van der Waals surface area (Å²) in [5.41, 5.74) is 1.38. The van der Waals surface area contributed by atoms with Crippen molar-refractivity contribution in [3.8, 4) is 11.5 Å². The van der Waals surface area contributed by atoms with Crippen molar-refractivity contribution in [1.82, 2.24) is 4.90 Å². The Morgan fingerprint density at radius 2 is 1.88 bits per heavy atom. The van der Waals surface area contributed by atoms with Crippen molar-refractivity contribution in [1.29, 1.82) is 0 Å². The number of esters is 1. The molecule has 0 saturated carbocycles. The highest BCUT2D eigenvalue weighted by molar-refractivity contribution is 5.96. The third-order valence-electron chi connectivity index (χ3n) is 4.29. The zero-order valence-electron chi connectivity index (χ0n) is 14.8. The summed E-state index contributed by atoms with van der Waals surface area (Å²) in [7, 11) is 3.10. The van der Waals surface area contributed by atoms with Crippen molar-refractivity contribution >= 4 is 11.9 Å². The third-order valence-corrected chi connectivity index (χ3v) is 4.29. The number of amides is 1. The van der Waals surface area contributed by atoms with Gasteiger partial charge in [-0.1, -0.05) is 0 Å². The van der Waals surface area contributed by atoms with E-state index >= 15 is 0 Å². The molecule has 0 spiro atoms. The van der Waals surface area contributed by atoms with Crippen LogP contribution < -0.4 is 9.47 Å². The Morgan fingerprint density at radius 1 is 1.21 bits per heavy atom. The molecule has 0 bridgehead atoms. The van der Waals surface area contributed by atoms with Crippen LogP contribution in [-0.4, -0.2) is 50.7 Å². The molecular weight excluding hydrogens is 310 g/mol. The van der Waals surface area contributed by atoms with Gasteiger partial charge in [-0.05, 0) is 44.4 Å². The van der Waals surface area contributed by atoms with Crippen molar-refractivity contribution in [3.63, 3.8) is 0 Å². The number of carbonyl (C=O) groups is 2. The lowest BCUT2D eigenvalue weighted by molar-refractivity contribution is -0.149. The lowest BCUT2D eigenvalue weighted by Gasteiger charge is -2.32. The molecular formula is C18H25NO5. The first-order valence-corrected chi connectivity index (χ1v) is 8.20. The number of likely N-dealkylation sites (tertiary alicyclic amines) is 1. The minimum Gasteiger partial charge on any atom is -0.493 e. The van der Waals surface area contributed by atoms with Gasteiger partial charge in [-0.2, -0.15) is 0 Å². The number of hydrogen-bond donors (Lipinski definition) is 0. The minimum absolute atomic E-state index is 0.0950. The van der Waals surface area contributed by atoms with Crippen LogP contribution in [0.15, 0.2) is 12.1 Å². The van der Waals surface area contributed by atoms with Gasteiger partial charge in [0.2, 0.25) is 0 Å². The number of carbonyl (C=O) groups excluding carboxylic acids is 2. The van der Waals surface area contributed by atoms with Crippen molar-refractivity contribution in [3.05, 3.63) is 23.3 Å². The first-order chi connectivity index (χ1) is 11.5. The molecule has 1 aliphatic rings. The normalized spacial score (nSPS) is 17.3. The Labute approximate surface area is 142 Å². The summed E-state index contributed by atoms with van der Waals surface area (Å²) in [6.45, 7) is 5.05. The molecule has 2 rings (SSSR count). The topological polar surface area (TPSA) is 65.1 Å². The lowest BCUT2D eigenvalue weighted by atomic mass is 9.96. The summed E-state index contributed by atoms with van der Waals surface area (Å²) >= 11 is 0. The van der Waals surface area contributed by atoms with Crippen LogP contribution in [0.3, 0.4) is 0 Å². The molecule has 1 aromatic carbocycles. The fraction of sp³-hybridized carbons (Fsp3) is 0.556. The molecule has 132 valence electrons. The van der Waals surface area contributed by atoms with E-state index in [2.05, 4.69) is 0 Å². The second kappa shape index (κ2) is 8.04. The summed E-state index contributed by atoms with van der Waals surface area (Å²) < 4.78 is 15.6. The molecule has 0 aromatic heterocycles. The second-order valence-electron chi connectivity index (χ2n) is 5.86. The maximum Gasteiger partial charge on any atom is 0.310 e. The van der Waals surface area contributed by atoms with Gasteiger partial charge in [0, 0.05) is 18.7 Å². The predicted octanol–water partition coefficient (Wildman–Crippen LogP) is 2.43. The number of methoxy groups -OCH3 is 2. The molecule has 1 unspecified atom stereocenters. The molecule has 6 heteroatoms. The highest BCUT2D eigenvalue weighted by Crippen LogP contribution is 2.31. The summed E-state index contributed by atoms with van der Waals surface area (Å²) in [4.78, 5) is 26.6. The van der Waals surface area contributed by atoms with Crippen LogP contribution in [0.1, 0.15) is 35.7 Å². The Kier molecular flexibility index (Phi) is 6.06. The Bertz CT molecular complexity index is 614. The smallest absolute Gasteiger partial charge is 0.310 e. The lowest BCUT2D eigenvalue weighted by Crippen LogP contribution is -2.43. The van der Waals surface area contributed by atoms with E-state index in [1.165, 1.54) is 0 Å². The summed E-state index contributed by atoms with van der Waals surface area (Å²) in [5.74, 6) is 0.546. The highest BCUT2D eigenvalue weighted by Gasteiger charge is 2.30. The van der Waals surface area contributed by atoms with Crippen molar-refractivity contribution in [2.45, 2.75) is 26.7 Å². The standard InChI is InChI=1S/C18H25NO5/c1-5-24-18(21)13-7-6-8-19(11-13)17(20)14-10-16(23-4)15(22-3)9-12(14)2/h9-10,13H,5-8,11H2,1-4H3. The molecule has 1 heterocycles. The summed E-state index contributed by atoms with van der Waals surface area (Å²) in [6.07, 6.45) is 1.55. The Balaban J connectivity index is 2.20. The Hall–Kier alpha value is -2.24. The van der Waals surface area contributed by atoms with E-state index in [9.17, 15) is 9.59 Å². The van der Waals surface area contributed by atoms with Crippen LogP contribution in [0, 0.1) is 12.8 Å². The van der Waals surface area contributed by atoms with Crippen molar-refractivity contribution in [2.24, 2.45) is 5.92 Å². The third kappa shape index (κ3) is 3.80. The zero-order valence-corrected chi connectivity index (χ0v) is 14.8. The molecule has 1 amide bonds. The number of piperidine rings is 1. The van der Waals surface area contributed by atoms with E-state index in [0.29, 0.717) is 36.8 Å². The number of benzene rings is 1. The molecule has 0 N–H and O–H groups in total. The van der Waals surface area contributed by atoms with Crippen LogP contribution in [0.2, 0.25) is 0 Å². The number of ether oxygens (including phenoxy) is 3. The fourth-order valence-corrected chi connectivity index (χ4v) is 3.00. The van der Waals surface area contributed by atoms with Gasteiger partial charge in [0.15, 0.2) is 11.5 Å². The second-order valence-corrected chi connectivity index (χ2v) is 5.86. The number of hydrogen-bond acceptors (Lipinski definition) is 5. The molecule has 1 aliphatic heterocycles.